The van der Waals surface area contributed by atoms with E-state index in [2.05, 4.69) is 21.2 Å². The summed E-state index contributed by atoms with van der Waals surface area (Å²) in [4.78, 5) is 24.6. The van der Waals surface area contributed by atoms with Crippen LogP contribution in [0.2, 0.25) is 0 Å². The van der Waals surface area contributed by atoms with Gasteiger partial charge in [-0.25, -0.2) is 9.18 Å². The molecule has 1 heterocycles. The predicted octanol–water partition coefficient (Wildman–Crippen LogP) is 1.09. The van der Waals surface area contributed by atoms with Crippen molar-refractivity contribution in [2.45, 2.75) is 6.04 Å². The quantitative estimate of drug-likeness (QED) is 0.851. The van der Waals surface area contributed by atoms with Crippen molar-refractivity contribution >= 4 is 27.8 Å². The molecule has 0 radical (unpaired) electrons. The zero-order valence-corrected chi connectivity index (χ0v) is 11.5. The minimum atomic E-state index is -1.10. The molecule has 2 rings (SSSR count). The zero-order valence-electron chi connectivity index (χ0n) is 9.90. The summed E-state index contributed by atoms with van der Waals surface area (Å²) in [6, 6.07) is 3.40. The fourth-order valence-electron chi connectivity index (χ4n) is 1.99. The molecule has 102 valence electrons. The summed E-state index contributed by atoms with van der Waals surface area (Å²) in [5.41, 5.74) is -0.123. The standard InChI is InChI=1S/C12H12BrFN2O3/c13-8-3-1-2-7(10(8)14)11(17)16-5-4-15-6-9(16)12(18)19/h1-3,9,15H,4-6H2,(H,18,19). The summed E-state index contributed by atoms with van der Waals surface area (Å²) in [5.74, 6) is -2.38. The third-order valence-corrected chi connectivity index (χ3v) is 3.58. The maximum atomic E-state index is 13.9. The number of halogens is 2. The van der Waals surface area contributed by atoms with E-state index in [1.165, 1.54) is 17.0 Å². The van der Waals surface area contributed by atoms with Crippen molar-refractivity contribution in [2.24, 2.45) is 0 Å². The molecule has 1 aliphatic heterocycles. The van der Waals surface area contributed by atoms with Crippen LogP contribution >= 0.6 is 15.9 Å². The van der Waals surface area contributed by atoms with Gasteiger partial charge in [0, 0.05) is 19.6 Å². The first-order valence-electron chi connectivity index (χ1n) is 5.71. The van der Waals surface area contributed by atoms with Crippen molar-refractivity contribution in [1.29, 1.82) is 0 Å². The van der Waals surface area contributed by atoms with Crippen LogP contribution < -0.4 is 5.32 Å². The first kappa shape index (κ1) is 14.0. The molecule has 0 aliphatic carbocycles. The monoisotopic (exact) mass is 330 g/mol. The van der Waals surface area contributed by atoms with Gasteiger partial charge in [-0.05, 0) is 28.1 Å². The maximum Gasteiger partial charge on any atom is 0.327 e. The second-order valence-corrected chi connectivity index (χ2v) is 5.01. The molecule has 1 fully saturated rings. The van der Waals surface area contributed by atoms with Gasteiger partial charge in [0.15, 0.2) is 0 Å². The Bertz CT molecular complexity index is 524. The zero-order chi connectivity index (χ0) is 14.0. The molecule has 0 bridgehead atoms. The number of amides is 1. The molecule has 7 heteroatoms. The minimum absolute atomic E-state index is 0.123. The van der Waals surface area contributed by atoms with Crippen LogP contribution in [-0.4, -0.2) is 47.6 Å². The van der Waals surface area contributed by atoms with Gasteiger partial charge in [0.1, 0.15) is 11.9 Å². The summed E-state index contributed by atoms with van der Waals surface area (Å²) >= 11 is 3.01. The number of hydrogen-bond donors (Lipinski definition) is 2. The average molecular weight is 331 g/mol. The molecule has 1 saturated heterocycles. The molecule has 1 unspecified atom stereocenters. The van der Waals surface area contributed by atoms with E-state index in [0.717, 1.165) is 0 Å². The summed E-state index contributed by atoms with van der Waals surface area (Å²) in [7, 11) is 0. The van der Waals surface area contributed by atoms with Gasteiger partial charge in [-0.3, -0.25) is 4.79 Å². The Morgan fingerprint density at radius 1 is 1.47 bits per heavy atom. The number of benzene rings is 1. The van der Waals surface area contributed by atoms with Gasteiger partial charge in [0.25, 0.3) is 5.91 Å². The molecule has 1 aromatic carbocycles. The van der Waals surface area contributed by atoms with Crippen LogP contribution in [0.25, 0.3) is 0 Å². The van der Waals surface area contributed by atoms with E-state index in [0.29, 0.717) is 6.54 Å². The smallest absolute Gasteiger partial charge is 0.327 e. The Labute approximate surface area is 117 Å². The Morgan fingerprint density at radius 3 is 2.89 bits per heavy atom. The summed E-state index contributed by atoms with van der Waals surface area (Å²) in [5, 5.41) is 12.0. The van der Waals surface area contributed by atoms with E-state index in [9.17, 15) is 14.0 Å². The summed E-state index contributed by atoms with van der Waals surface area (Å²) in [6.07, 6.45) is 0. The second-order valence-electron chi connectivity index (χ2n) is 4.16. The number of carboxylic acid groups (broad SMARTS) is 1. The van der Waals surface area contributed by atoms with Gasteiger partial charge >= 0.3 is 5.97 Å². The normalized spacial score (nSPS) is 19.3. The van der Waals surface area contributed by atoms with Crippen molar-refractivity contribution in [3.05, 3.63) is 34.1 Å². The highest BCUT2D eigenvalue weighted by molar-refractivity contribution is 9.10. The molecule has 1 atom stereocenters. The van der Waals surface area contributed by atoms with Crippen LogP contribution in [0.15, 0.2) is 22.7 Å². The Kier molecular flexibility index (Phi) is 4.16. The van der Waals surface area contributed by atoms with Crippen molar-refractivity contribution in [3.8, 4) is 0 Å². The lowest BCUT2D eigenvalue weighted by Gasteiger charge is -2.33. The van der Waals surface area contributed by atoms with Crippen LogP contribution in [0.5, 0.6) is 0 Å². The topological polar surface area (TPSA) is 69.6 Å². The predicted molar refractivity (Wildman–Crippen MR) is 69.4 cm³/mol. The second kappa shape index (κ2) is 5.66. The van der Waals surface area contributed by atoms with E-state index in [4.69, 9.17) is 5.11 Å². The van der Waals surface area contributed by atoms with Gasteiger partial charge < -0.3 is 15.3 Å². The lowest BCUT2D eigenvalue weighted by molar-refractivity contribution is -0.142. The van der Waals surface area contributed by atoms with E-state index >= 15 is 0 Å². The molecule has 5 nitrogen and oxygen atoms in total. The molecular weight excluding hydrogens is 319 g/mol. The van der Waals surface area contributed by atoms with E-state index in [1.807, 2.05) is 0 Å². The Balaban J connectivity index is 2.31. The fraction of sp³-hybridized carbons (Fsp3) is 0.333. The first-order valence-corrected chi connectivity index (χ1v) is 6.50. The number of nitrogens with one attached hydrogen (secondary N) is 1. The largest absolute Gasteiger partial charge is 0.480 e. The van der Waals surface area contributed by atoms with E-state index < -0.39 is 23.7 Å². The first-order chi connectivity index (χ1) is 9.02. The van der Waals surface area contributed by atoms with Crippen molar-refractivity contribution in [3.63, 3.8) is 0 Å². The number of piperazine rings is 1. The highest BCUT2D eigenvalue weighted by Gasteiger charge is 2.33. The number of carbonyl (C=O) groups is 2. The molecule has 0 saturated carbocycles. The molecule has 19 heavy (non-hydrogen) atoms. The highest BCUT2D eigenvalue weighted by atomic mass is 79.9. The van der Waals surface area contributed by atoms with Gasteiger partial charge in [-0.2, -0.15) is 0 Å². The molecule has 1 aliphatic rings. The molecular formula is C12H12BrFN2O3. The number of carboxylic acids is 1. The van der Waals surface area contributed by atoms with Gasteiger partial charge in [0.05, 0.1) is 10.0 Å². The van der Waals surface area contributed by atoms with Gasteiger partial charge in [0.2, 0.25) is 0 Å². The van der Waals surface area contributed by atoms with Crippen LogP contribution in [0, 0.1) is 5.82 Å². The van der Waals surface area contributed by atoms with Crippen molar-refractivity contribution in [2.75, 3.05) is 19.6 Å². The van der Waals surface area contributed by atoms with Gasteiger partial charge in [-0.15, -0.1) is 0 Å². The van der Waals surface area contributed by atoms with Crippen LogP contribution in [0.1, 0.15) is 10.4 Å². The maximum absolute atomic E-state index is 13.9. The van der Waals surface area contributed by atoms with Crippen LogP contribution in [0.3, 0.4) is 0 Å². The summed E-state index contributed by atoms with van der Waals surface area (Å²) < 4.78 is 14.1. The third kappa shape index (κ3) is 2.76. The number of nitrogens with zero attached hydrogens (tertiary/aromatic N) is 1. The minimum Gasteiger partial charge on any atom is -0.480 e. The molecule has 0 aromatic heterocycles. The SMILES string of the molecule is O=C(O)C1CNCCN1C(=O)c1cccc(Br)c1F. The Morgan fingerprint density at radius 2 is 2.21 bits per heavy atom. The Hall–Kier alpha value is -1.47. The summed E-state index contributed by atoms with van der Waals surface area (Å²) in [6.45, 7) is 0.892. The molecule has 1 amide bonds. The molecule has 2 N–H and O–H groups in total. The van der Waals surface area contributed by atoms with Crippen LogP contribution in [0.4, 0.5) is 4.39 Å². The average Bonchev–Trinajstić information content (AvgIpc) is 2.41. The highest BCUT2D eigenvalue weighted by Crippen LogP contribution is 2.21. The fourth-order valence-corrected chi connectivity index (χ4v) is 2.36. The van der Waals surface area contributed by atoms with Gasteiger partial charge in [-0.1, -0.05) is 6.07 Å². The van der Waals surface area contributed by atoms with E-state index in [-0.39, 0.29) is 23.1 Å². The number of carbonyl (C=O) groups excluding carboxylic acids is 1. The number of aliphatic carboxylic acids is 1. The molecule has 1 aromatic rings. The third-order valence-electron chi connectivity index (χ3n) is 2.97. The lowest BCUT2D eigenvalue weighted by Crippen LogP contribution is -2.57. The van der Waals surface area contributed by atoms with Crippen molar-refractivity contribution in [1.82, 2.24) is 10.2 Å². The van der Waals surface area contributed by atoms with Crippen LogP contribution in [-0.2, 0) is 4.79 Å². The van der Waals surface area contributed by atoms with E-state index in [1.54, 1.807) is 6.07 Å². The number of hydrogen-bond acceptors (Lipinski definition) is 3. The molecule has 0 spiro atoms. The van der Waals surface area contributed by atoms with Crippen molar-refractivity contribution < 1.29 is 19.1 Å². The lowest BCUT2D eigenvalue weighted by atomic mass is 10.1. The number of rotatable bonds is 2.